The number of anilines is 1. The first kappa shape index (κ1) is 24.4. The number of pyridine rings is 1. The number of hydrogen-bond donors (Lipinski definition) is 2. The highest BCUT2D eigenvalue weighted by Crippen LogP contribution is 2.67. The minimum Gasteiger partial charge on any atom is -0.381 e. The fourth-order valence-electron chi connectivity index (χ4n) is 7.22. The molecule has 4 aliphatic rings. The first-order valence-corrected chi connectivity index (χ1v) is 13.8. The Hall–Kier alpha value is -4.38. The molecule has 3 aliphatic carbocycles. The number of rotatable bonds is 6. The number of carbonyl (C=O) groups excluding carboxylic acids is 1. The third kappa shape index (κ3) is 3.75. The minimum atomic E-state index is -0.702. The molecule has 41 heavy (non-hydrogen) atoms. The second-order valence-corrected chi connectivity index (χ2v) is 12.1. The zero-order chi connectivity index (χ0) is 28.1. The van der Waals surface area contributed by atoms with E-state index in [1.54, 1.807) is 28.9 Å². The summed E-state index contributed by atoms with van der Waals surface area (Å²) in [5, 5.41) is 3.22. The van der Waals surface area contributed by atoms with E-state index in [1.807, 2.05) is 29.7 Å². The molecule has 0 unspecified atom stereocenters. The largest absolute Gasteiger partial charge is 0.381 e. The Morgan fingerprint density at radius 1 is 1.05 bits per heavy atom. The quantitative estimate of drug-likeness (QED) is 0.328. The number of amides is 1. The number of fused-ring (bicyclic) bond motifs is 2. The van der Waals surface area contributed by atoms with Gasteiger partial charge in [-0.15, -0.1) is 0 Å². The highest BCUT2D eigenvalue weighted by molar-refractivity contribution is 5.95. The van der Waals surface area contributed by atoms with E-state index in [1.165, 1.54) is 12.1 Å². The van der Waals surface area contributed by atoms with Crippen molar-refractivity contribution in [2.24, 2.45) is 5.41 Å². The topological polar surface area (TPSA) is 106 Å². The fourth-order valence-corrected chi connectivity index (χ4v) is 7.22. The van der Waals surface area contributed by atoms with Gasteiger partial charge in [-0.3, -0.25) is 14.1 Å². The lowest BCUT2D eigenvalue weighted by molar-refractivity contribution is -0.171. The van der Waals surface area contributed by atoms with Crippen molar-refractivity contribution in [3.63, 3.8) is 0 Å². The van der Waals surface area contributed by atoms with Gasteiger partial charge in [0.05, 0.1) is 11.4 Å². The molecule has 9 nitrogen and oxygen atoms in total. The van der Waals surface area contributed by atoms with Crippen molar-refractivity contribution in [1.29, 1.82) is 0 Å². The zero-order valence-corrected chi connectivity index (χ0v) is 22.4. The zero-order valence-electron chi connectivity index (χ0n) is 22.4. The van der Waals surface area contributed by atoms with Crippen molar-refractivity contribution in [2.75, 3.05) is 25.4 Å². The molecule has 1 amide bonds. The van der Waals surface area contributed by atoms with Gasteiger partial charge in [-0.05, 0) is 68.0 Å². The van der Waals surface area contributed by atoms with Gasteiger partial charge in [-0.2, -0.15) is 0 Å². The Morgan fingerprint density at radius 2 is 1.78 bits per heavy atom. The van der Waals surface area contributed by atoms with E-state index in [0.717, 1.165) is 42.7 Å². The maximum Gasteiger partial charge on any atom is 0.271 e. The van der Waals surface area contributed by atoms with Gasteiger partial charge in [-0.1, -0.05) is 0 Å². The lowest BCUT2D eigenvalue weighted by atomic mass is 9.39. The third-order valence-electron chi connectivity index (χ3n) is 8.94. The number of nitrogens with one attached hydrogen (secondary N) is 1. The molecule has 0 spiro atoms. The molecular formula is C30H28F2N8O. The monoisotopic (exact) mass is 554 g/mol. The SMILES string of the molecule is Cc1cnc2ccc(-c3c(-c4ccc(F)cc4)nc(N)c4nc(C(=O)NC56CC(CN7CC(F)C7)(C5)C6)cn34)cn12. The smallest absolute Gasteiger partial charge is 0.271 e. The van der Waals surface area contributed by atoms with E-state index < -0.39 is 6.17 Å². The number of nitrogen functional groups attached to an aromatic ring is 1. The first-order chi connectivity index (χ1) is 19.7. The summed E-state index contributed by atoms with van der Waals surface area (Å²) in [6.07, 6.45) is 7.46. The number of aryl methyl sites for hydroxylation is 1. The maximum absolute atomic E-state index is 13.8. The maximum atomic E-state index is 13.8. The summed E-state index contributed by atoms with van der Waals surface area (Å²) in [7, 11) is 0. The second-order valence-electron chi connectivity index (χ2n) is 12.1. The summed E-state index contributed by atoms with van der Waals surface area (Å²) in [6, 6.07) is 9.92. The summed E-state index contributed by atoms with van der Waals surface area (Å²) >= 11 is 0. The van der Waals surface area contributed by atoms with Crippen LogP contribution in [-0.2, 0) is 0 Å². The highest BCUT2D eigenvalue weighted by Gasteiger charge is 2.68. The van der Waals surface area contributed by atoms with Crippen molar-refractivity contribution in [3.8, 4) is 22.5 Å². The van der Waals surface area contributed by atoms with Crippen LogP contribution in [0.4, 0.5) is 14.6 Å². The van der Waals surface area contributed by atoms with Gasteiger partial charge in [0.1, 0.15) is 23.3 Å². The summed E-state index contributed by atoms with van der Waals surface area (Å²) in [5.74, 6) is -0.449. The van der Waals surface area contributed by atoms with Crippen LogP contribution in [0, 0.1) is 18.2 Å². The standard InChI is InChI=1S/C30H28F2N8O/c1-17-8-34-23-7-4-19(9-39(17)23)25-24(18-2-5-20(31)6-3-18)36-26(33)27-35-22(12-40(25)27)28(41)37-30-13-29(14-30,15-30)16-38-10-21(32)11-38/h2-9,12,21H,10-11,13-16H2,1H3,(H2,33,36)(H,37,41). The van der Waals surface area contributed by atoms with Crippen molar-refractivity contribution in [1.82, 2.24) is 34.0 Å². The fraction of sp³-hybridized carbons (Fsp3) is 0.333. The van der Waals surface area contributed by atoms with Crippen molar-refractivity contribution in [3.05, 3.63) is 72.2 Å². The van der Waals surface area contributed by atoms with Gasteiger partial charge in [0, 0.05) is 60.6 Å². The molecule has 3 N–H and O–H groups in total. The molecular weight excluding hydrogens is 526 g/mol. The number of nitrogens with zero attached hydrogens (tertiary/aromatic N) is 6. The number of alkyl halides is 1. The van der Waals surface area contributed by atoms with Crippen LogP contribution in [0.25, 0.3) is 33.8 Å². The van der Waals surface area contributed by atoms with E-state index in [4.69, 9.17) is 5.73 Å². The molecule has 5 aromatic rings. The van der Waals surface area contributed by atoms with Gasteiger partial charge in [0.2, 0.25) is 0 Å². The summed E-state index contributed by atoms with van der Waals surface area (Å²) in [4.78, 5) is 29.3. The van der Waals surface area contributed by atoms with Crippen LogP contribution < -0.4 is 11.1 Å². The number of nitrogens with two attached hydrogens (primary N) is 1. The van der Waals surface area contributed by atoms with Crippen LogP contribution in [0.2, 0.25) is 0 Å². The molecule has 9 rings (SSSR count). The number of hydrogen-bond acceptors (Lipinski definition) is 6. The van der Waals surface area contributed by atoms with E-state index >= 15 is 0 Å². The van der Waals surface area contributed by atoms with Crippen LogP contribution in [0.3, 0.4) is 0 Å². The van der Waals surface area contributed by atoms with Gasteiger partial charge >= 0.3 is 0 Å². The van der Waals surface area contributed by atoms with Crippen LogP contribution >= 0.6 is 0 Å². The number of carbonyl (C=O) groups is 1. The van der Waals surface area contributed by atoms with Gasteiger partial charge in [-0.25, -0.2) is 23.7 Å². The van der Waals surface area contributed by atoms with Gasteiger partial charge < -0.3 is 15.5 Å². The molecule has 208 valence electrons. The molecule has 1 aromatic carbocycles. The van der Waals surface area contributed by atoms with Gasteiger partial charge in [0.15, 0.2) is 11.5 Å². The number of halogens is 2. The average Bonchev–Trinajstić information content (AvgIpc) is 3.50. The Morgan fingerprint density at radius 3 is 2.51 bits per heavy atom. The number of imidazole rings is 2. The van der Waals surface area contributed by atoms with E-state index in [0.29, 0.717) is 35.7 Å². The molecule has 0 radical (unpaired) electrons. The second kappa shape index (κ2) is 8.32. The normalized spacial score (nSPS) is 23.8. The number of likely N-dealkylation sites (tertiary alicyclic amines) is 1. The Bertz CT molecular complexity index is 1850. The van der Waals surface area contributed by atoms with E-state index in [-0.39, 0.29) is 34.2 Å². The molecule has 0 atom stereocenters. The van der Waals surface area contributed by atoms with Crippen molar-refractivity contribution >= 4 is 23.0 Å². The predicted octanol–water partition coefficient (Wildman–Crippen LogP) is 4.05. The summed E-state index contributed by atoms with van der Waals surface area (Å²) in [6.45, 7) is 3.91. The van der Waals surface area contributed by atoms with E-state index in [2.05, 4.69) is 25.2 Å². The lowest BCUT2D eigenvalue weighted by Crippen LogP contribution is -2.77. The van der Waals surface area contributed by atoms with E-state index in [9.17, 15) is 13.6 Å². The average molecular weight is 555 g/mol. The Balaban J connectivity index is 1.16. The van der Waals surface area contributed by atoms with Crippen molar-refractivity contribution < 1.29 is 13.6 Å². The van der Waals surface area contributed by atoms with Crippen LogP contribution in [0.5, 0.6) is 0 Å². The minimum absolute atomic E-state index is 0.164. The molecule has 3 saturated carbocycles. The molecule has 1 aliphatic heterocycles. The van der Waals surface area contributed by atoms with Gasteiger partial charge in [0.25, 0.3) is 5.91 Å². The number of benzene rings is 1. The van der Waals surface area contributed by atoms with Crippen molar-refractivity contribution in [2.45, 2.75) is 37.9 Å². The Kier molecular flexibility index (Phi) is 4.96. The molecule has 11 heteroatoms. The number of aromatic nitrogens is 5. The van der Waals surface area contributed by atoms with Crippen LogP contribution in [0.15, 0.2) is 55.0 Å². The summed E-state index contributed by atoms with van der Waals surface area (Å²) in [5.41, 5.74) is 11.5. The highest BCUT2D eigenvalue weighted by atomic mass is 19.1. The molecule has 5 heterocycles. The third-order valence-corrected chi connectivity index (χ3v) is 8.94. The molecule has 4 aromatic heterocycles. The first-order valence-electron chi connectivity index (χ1n) is 13.8. The molecule has 4 fully saturated rings. The Labute approximate surface area is 234 Å². The predicted molar refractivity (Wildman–Crippen MR) is 150 cm³/mol. The van der Waals surface area contributed by atoms with Crippen LogP contribution in [0.1, 0.15) is 35.4 Å². The lowest BCUT2D eigenvalue weighted by Gasteiger charge is -2.72. The summed E-state index contributed by atoms with van der Waals surface area (Å²) < 4.78 is 30.8. The molecule has 1 saturated heterocycles. The van der Waals surface area contributed by atoms with Crippen LogP contribution in [-0.4, -0.2) is 65.9 Å². The molecule has 2 bridgehead atoms.